The lowest BCUT2D eigenvalue weighted by molar-refractivity contribution is 0.101. The molecule has 0 saturated heterocycles. The third-order valence-corrected chi connectivity index (χ3v) is 5.51. The Labute approximate surface area is 136 Å². The van der Waals surface area contributed by atoms with Crippen LogP contribution in [0.15, 0.2) is 51.8 Å². The third kappa shape index (κ3) is 3.64. The predicted molar refractivity (Wildman–Crippen MR) is 86.4 cm³/mol. The molecular formula is C14H11BrClNO3S. The van der Waals surface area contributed by atoms with Gasteiger partial charge in [0.25, 0.3) is 10.0 Å². The van der Waals surface area contributed by atoms with E-state index >= 15 is 0 Å². The number of Topliss-reactive ketones (excluding diaryl/α,β-unsaturated/α-hetero) is 1. The Hall–Kier alpha value is -1.37. The van der Waals surface area contributed by atoms with E-state index in [1.165, 1.54) is 25.1 Å². The van der Waals surface area contributed by atoms with Crippen molar-refractivity contribution in [2.24, 2.45) is 0 Å². The Morgan fingerprint density at radius 1 is 1.19 bits per heavy atom. The number of rotatable bonds is 4. The van der Waals surface area contributed by atoms with Crippen molar-refractivity contribution < 1.29 is 13.2 Å². The number of benzene rings is 2. The molecule has 2 aromatic carbocycles. The summed E-state index contributed by atoms with van der Waals surface area (Å²) < 4.78 is 27.6. The first-order valence-corrected chi connectivity index (χ1v) is 8.54. The van der Waals surface area contributed by atoms with Crippen LogP contribution >= 0.6 is 27.5 Å². The normalized spacial score (nSPS) is 11.2. The Kier molecular flexibility index (Phi) is 4.70. The molecule has 0 spiro atoms. The minimum Gasteiger partial charge on any atom is -0.295 e. The SMILES string of the molecule is CC(=O)c1cccc(S(=O)(=O)Nc2cccc(Cl)c2Br)c1. The van der Waals surface area contributed by atoms with E-state index in [1.54, 1.807) is 24.3 Å². The van der Waals surface area contributed by atoms with Gasteiger partial charge in [-0.25, -0.2) is 8.42 Å². The molecule has 110 valence electrons. The number of anilines is 1. The lowest BCUT2D eigenvalue weighted by atomic mass is 10.2. The number of ketones is 1. The molecule has 0 saturated carbocycles. The maximum atomic E-state index is 12.4. The molecule has 0 heterocycles. The number of hydrogen-bond donors (Lipinski definition) is 1. The zero-order chi connectivity index (χ0) is 15.6. The third-order valence-electron chi connectivity index (χ3n) is 2.75. The Balaban J connectivity index is 2.41. The van der Waals surface area contributed by atoms with Crippen molar-refractivity contribution in [1.82, 2.24) is 0 Å². The van der Waals surface area contributed by atoms with Gasteiger partial charge >= 0.3 is 0 Å². The van der Waals surface area contributed by atoms with Gasteiger partial charge in [0, 0.05) is 5.56 Å². The standard InChI is InChI=1S/C14H11BrClNO3S/c1-9(18)10-4-2-5-11(8-10)21(19,20)17-13-7-3-6-12(16)14(13)15/h2-8,17H,1H3. The highest BCUT2D eigenvalue weighted by molar-refractivity contribution is 9.10. The number of carbonyl (C=O) groups excluding carboxylic acids is 1. The summed E-state index contributed by atoms with van der Waals surface area (Å²) in [7, 11) is -3.80. The van der Waals surface area contributed by atoms with Gasteiger partial charge in [-0.1, -0.05) is 29.8 Å². The second-order valence-corrected chi connectivity index (χ2v) is 7.17. The van der Waals surface area contributed by atoms with E-state index in [0.717, 1.165) is 0 Å². The highest BCUT2D eigenvalue weighted by Crippen LogP contribution is 2.31. The fraction of sp³-hybridized carbons (Fsp3) is 0.0714. The molecule has 2 rings (SSSR count). The fourth-order valence-electron chi connectivity index (χ4n) is 1.67. The first-order valence-electron chi connectivity index (χ1n) is 5.89. The quantitative estimate of drug-likeness (QED) is 0.802. The van der Waals surface area contributed by atoms with E-state index < -0.39 is 10.0 Å². The van der Waals surface area contributed by atoms with Gasteiger partial charge in [-0.2, -0.15) is 0 Å². The Morgan fingerprint density at radius 3 is 2.52 bits per heavy atom. The van der Waals surface area contributed by atoms with Gasteiger partial charge in [-0.3, -0.25) is 9.52 Å². The number of carbonyl (C=O) groups is 1. The Bertz CT molecular complexity index is 806. The second kappa shape index (κ2) is 6.17. The molecule has 0 aliphatic heterocycles. The number of nitrogens with one attached hydrogen (secondary N) is 1. The van der Waals surface area contributed by atoms with Crippen LogP contribution in [0.3, 0.4) is 0 Å². The van der Waals surface area contributed by atoms with E-state index in [9.17, 15) is 13.2 Å². The second-order valence-electron chi connectivity index (χ2n) is 4.29. The molecule has 0 aromatic heterocycles. The van der Waals surface area contributed by atoms with Gasteiger partial charge in [-0.05, 0) is 47.1 Å². The number of sulfonamides is 1. The van der Waals surface area contributed by atoms with E-state index in [-0.39, 0.29) is 10.7 Å². The van der Waals surface area contributed by atoms with Gasteiger partial charge in [0.05, 0.1) is 20.1 Å². The van der Waals surface area contributed by atoms with Crippen LogP contribution in [0.25, 0.3) is 0 Å². The molecule has 0 radical (unpaired) electrons. The van der Waals surface area contributed by atoms with Crippen molar-refractivity contribution in [2.75, 3.05) is 4.72 Å². The predicted octanol–water partition coefficient (Wildman–Crippen LogP) is 4.11. The van der Waals surface area contributed by atoms with Gasteiger partial charge in [0.1, 0.15) is 0 Å². The zero-order valence-corrected chi connectivity index (χ0v) is 14.1. The van der Waals surface area contributed by atoms with Crippen molar-refractivity contribution in [1.29, 1.82) is 0 Å². The van der Waals surface area contributed by atoms with E-state index in [2.05, 4.69) is 20.7 Å². The van der Waals surface area contributed by atoms with Gasteiger partial charge in [-0.15, -0.1) is 0 Å². The lowest BCUT2D eigenvalue weighted by Crippen LogP contribution is -2.14. The molecular weight excluding hydrogens is 378 g/mol. The van der Waals surface area contributed by atoms with Crippen molar-refractivity contribution in [2.45, 2.75) is 11.8 Å². The fourth-order valence-corrected chi connectivity index (χ4v) is 3.46. The highest BCUT2D eigenvalue weighted by Gasteiger charge is 2.17. The average Bonchev–Trinajstić information content (AvgIpc) is 2.44. The number of hydrogen-bond acceptors (Lipinski definition) is 3. The molecule has 4 nitrogen and oxygen atoms in total. The summed E-state index contributed by atoms with van der Waals surface area (Å²) in [5.74, 6) is -0.198. The van der Waals surface area contributed by atoms with Crippen LogP contribution in [-0.2, 0) is 10.0 Å². The molecule has 0 bridgehead atoms. The van der Waals surface area contributed by atoms with Crippen molar-refractivity contribution in [3.8, 4) is 0 Å². The molecule has 21 heavy (non-hydrogen) atoms. The lowest BCUT2D eigenvalue weighted by Gasteiger charge is -2.11. The van der Waals surface area contributed by atoms with Crippen molar-refractivity contribution in [3.63, 3.8) is 0 Å². The summed E-state index contributed by atoms with van der Waals surface area (Å²) in [4.78, 5) is 11.4. The smallest absolute Gasteiger partial charge is 0.261 e. The highest BCUT2D eigenvalue weighted by atomic mass is 79.9. The molecule has 2 aromatic rings. The van der Waals surface area contributed by atoms with Crippen molar-refractivity contribution >= 4 is 49.0 Å². The molecule has 1 N–H and O–H groups in total. The molecule has 0 unspecified atom stereocenters. The van der Waals surface area contributed by atoms with E-state index in [4.69, 9.17) is 11.6 Å². The van der Waals surface area contributed by atoms with Gasteiger partial charge in [0.2, 0.25) is 0 Å². The first kappa shape index (κ1) is 16.0. The molecule has 0 amide bonds. The number of halogens is 2. The van der Waals surface area contributed by atoms with Crippen LogP contribution < -0.4 is 4.72 Å². The summed E-state index contributed by atoms with van der Waals surface area (Å²) in [5.41, 5.74) is 0.666. The maximum Gasteiger partial charge on any atom is 0.261 e. The van der Waals surface area contributed by atoms with E-state index in [1.807, 2.05) is 0 Å². The van der Waals surface area contributed by atoms with Crippen LogP contribution in [-0.4, -0.2) is 14.2 Å². The molecule has 0 fully saturated rings. The minimum absolute atomic E-state index is 0.0158. The molecule has 0 aliphatic rings. The summed E-state index contributed by atoms with van der Waals surface area (Å²) >= 11 is 9.16. The summed E-state index contributed by atoms with van der Waals surface area (Å²) in [5, 5.41) is 0.396. The molecule has 0 atom stereocenters. The Morgan fingerprint density at radius 2 is 1.86 bits per heavy atom. The largest absolute Gasteiger partial charge is 0.295 e. The average molecular weight is 389 g/mol. The monoisotopic (exact) mass is 387 g/mol. The van der Waals surface area contributed by atoms with Crippen LogP contribution in [0.4, 0.5) is 5.69 Å². The minimum atomic E-state index is -3.80. The molecule has 0 aliphatic carbocycles. The molecule has 7 heteroatoms. The van der Waals surface area contributed by atoms with Gasteiger partial charge in [0.15, 0.2) is 5.78 Å². The summed E-state index contributed by atoms with van der Waals surface area (Å²) in [6, 6.07) is 10.7. The van der Waals surface area contributed by atoms with Crippen LogP contribution in [0.5, 0.6) is 0 Å². The zero-order valence-electron chi connectivity index (χ0n) is 10.9. The van der Waals surface area contributed by atoms with Crippen LogP contribution in [0.1, 0.15) is 17.3 Å². The van der Waals surface area contributed by atoms with E-state index in [0.29, 0.717) is 20.7 Å². The van der Waals surface area contributed by atoms with Gasteiger partial charge < -0.3 is 0 Å². The van der Waals surface area contributed by atoms with Crippen LogP contribution in [0, 0.1) is 0 Å². The first-order chi connectivity index (χ1) is 9.81. The summed E-state index contributed by atoms with van der Waals surface area (Å²) in [6.07, 6.45) is 0. The summed E-state index contributed by atoms with van der Waals surface area (Å²) in [6.45, 7) is 1.38. The van der Waals surface area contributed by atoms with Crippen molar-refractivity contribution in [3.05, 3.63) is 57.5 Å². The topological polar surface area (TPSA) is 63.2 Å². The maximum absolute atomic E-state index is 12.4. The van der Waals surface area contributed by atoms with Crippen LogP contribution in [0.2, 0.25) is 5.02 Å².